The molecular weight excluding hydrogens is 300 g/mol. The number of rotatable bonds is 8. The van der Waals surface area contributed by atoms with Crippen molar-refractivity contribution in [2.45, 2.75) is 58.2 Å². The number of nitriles is 1. The van der Waals surface area contributed by atoms with Crippen molar-refractivity contribution in [1.82, 2.24) is 14.9 Å². The molecule has 2 heterocycles. The minimum Gasteiger partial charge on any atom is -0.385 e. The molecule has 1 unspecified atom stereocenters. The SMILES string of the molecule is CCc1cn(CCCOC)c2cc(C(C)NC3CC3)nc(C#N)c12. The van der Waals surface area contributed by atoms with Gasteiger partial charge in [-0.25, -0.2) is 4.98 Å². The Morgan fingerprint density at radius 3 is 2.92 bits per heavy atom. The third-order valence-electron chi connectivity index (χ3n) is 4.70. The van der Waals surface area contributed by atoms with Crippen molar-refractivity contribution in [3.8, 4) is 6.07 Å². The van der Waals surface area contributed by atoms with E-state index in [9.17, 15) is 5.26 Å². The zero-order valence-corrected chi connectivity index (χ0v) is 14.8. The van der Waals surface area contributed by atoms with Gasteiger partial charge in [0.05, 0.1) is 11.2 Å². The number of hydrogen-bond donors (Lipinski definition) is 1. The lowest BCUT2D eigenvalue weighted by atomic mass is 10.1. The number of nitrogens with zero attached hydrogens (tertiary/aromatic N) is 3. The normalized spacial score (nSPS) is 15.6. The van der Waals surface area contributed by atoms with Gasteiger partial charge in [0.25, 0.3) is 0 Å². The van der Waals surface area contributed by atoms with Gasteiger partial charge in [0, 0.05) is 43.9 Å². The molecule has 0 bridgehead atoms. The van der Waals surface area contributed by atoms with Gasteiger partial charge in [-0.05, 0) is 44.2 Å². The Bertz CT molecular complexity index is 755. The number of aryl methyl sites for hydroxylation is 2. The zero-order chi connectivity index (χ0) is 17.1. The summed E-state index contributed by atoms with van der Waals surface area (Å²) in [4.78, 5) is 4.66. The molecule has 5 nitrogen and oxygen atoms in total. The van der Waals surface area contributed by atoms with Crippen LogP contribution >= 0.6 is 0 Å². The van der Waals surface area contributed by atoms with Gasteiger partial charge in [-0.1, -0.05) is 6.92 Å². The predicted octanol–water partition coefficient (Wildman–Crippen LogP) is 3.32. The van der Waals surface area contributed by atoms with Gasteiger partial charge in [0.2, 0.25) is 0 Å². The van der Waals surface area contributed by atoms with E-state index in [0.717, 1.165) is 42.6 Å². The van der Waals surface area contributed by atoms with Crippen molar-refractivity contribution < 1.29 is 4.74 Å². The number of nitrogens with one attached hydrogen (secondary N) is 1. The van der Waals surface area contributed by atoms with Crippen LogP contribution in [0.25, 0.3) is 10.9 Å². The van der Waals surface area contributed by atoms with Crippen LogP contribution in [0.1, 0.15) is 56.1 Å². The van der Waals surface area contributed by atoms with Crippen LogP contribution in [0.3, 0.4) is 0 Å². The average molecular weight is 326 g/mol. The summed E-state index contributed by atoms with van der Waals surface area (Å²) in [5.74, 6) is 0. The maximum absolute atomic E-state index is 9.62. The first-order valence-corrected chi connectivity index (χ1v) is 8.85. The van der Waals surface area contributed by atoms with Crippen LogP contribution in [0.2, 0.25) is 0 Å². The van der Waals surface area contributed by atoms with E-state index < -0.39 is 0 Å². The van der Waals surface area contributed by atoms with Gasteiger partial charge in [0.15, 0.2) is 0 Å². The highest BCUT2D eigenvalue weighted by Gasteiger charge is 2.25. The molecule has 5 heteroatoms. The lowest BCUT2D eigenvalue weighted by Crippen LogP contribution is -2.22. The van der Waals surface area contributed by atoms with Crippen molar-refractivity contribution in [3.63, 3.8) is 0 Å². The van der Waals surface area contributed by atoms with Gasteiger partial charge in [0.1, 0.15) is 11.8 Å². The summed E-state index contributed by atoms with van der Waals surface area (Å²) in [7, 11) is 1.73. The van der Waals surface area contributed by atoms with Gasteiger partial charge >= 0.3 is 0 Å². The van der Waals surface area contributed by atoms with Crippen LogP contribution in [0, 0.1) is 11.3 Å². The first-order chi connectivity index (χ1) is 11.7. The Hall–Kier alpha value is -1.90. The number of hydrogen-bond acceptors (Lipinski definition) is 4. The zero-order valence-electron chi connectivity index (χ0n) is 14.8. The van der Waals surface area contributed by atoms with Crippen molar-refractivity contribution in [2.75, 3.05) is 13.7 Å². The Morgan fingerprint density at radius 1 is 1.50 bits per heavy atom. The molecule has 128 valence electrons. The summed E-state index contributed by atoms with van der Waals surface area (Å²) < 4.78 is 7.43. The van der Waals surface area contributed by atoms with E-state index in [4.69, 9.17) is 4.74 Å². The highest BCUT2D eigenvalue weighted by Crippen LogP contribution is 2.29. The largest absolute Gasteiger partial charge is 0.385 e. The number of aromatic nitrogens is 2. The maximum atomic E-state index is 9.62. The third-order valence-corrected chi connectivity index (χ3v) is 4.70. The Kier molecular flexibility index (Phi) is 5.17. The van der Waals surface area contributed by atoms with Crippen molar-refractivity contribution in [2.24, 2.45) is 0 Å². The molecule has 0 saturated heterocycles. The van der Waals surface area contributed by atoms with Crippen LogP contribution in [-0.2, 0) is 17.7 Å². The molecule has 1 aliphatic rings. The maximum Gasteiger partial charge on any atom is 0.150 e. The van der Waals surface area contributed by atoms with Crippen LogP contribution in [0.5, 0.6) is 0 Å². The molecule has 0 aromatic carbocycles. The fourth-order valence-corrected chi connectivity index (χ4v) is 3.24. The molecule has 2 aromatic rings. The molecule has 1 N–H and O–H groups in total. The second-order valence-corrected chi connectivity index (χ2v) is 6.61. The molecule has 3 rings (SSSR count). The summed E-state index contributed by atoms with van der Waals surface area (Å²) in [6.07, 6.45) is 6.51. The van der Waals surface area contributed by atoms with E-state index in [2.05, 4.69) is 47.0 Å². The second kappa shape index (κ2) is 7.33. The van der Waals surface area contributed by atoms with Gasteiger partial charge in [-0.15, -0.1) is 0 Å². The predicted molar refractivity (Wildman–Crippen MR) is 94.9 cm³/mol. The highest BCUT2D eigenvalue weighted by atomic mass is 16.5. The summed E-state index contributed by atoms with van der Waals surface area (Å²) in [6, 6.07) is 5.25. The summed E-state index contributed by atoms with van der Waals surface area (Å²) in [5, 5.41) is 14.2. The molecular formula is C19H26N4O. The minimum absolute atomic E-state index is 0.168. The van der Waals surface area contributed by atoms with E-state index in [1.807, 2.05) is 0 Å². The second-order valence-electron chi connectivity index (χ2n) is 6.61. The Morgan fingerprint density at radius 2 is 2.29 bits per heavy atom. The van der Waals surface area contributed by atoms with E-state index in [0.29, 0.717) is 11.7 Å². The molecule has 2 aromatic heterocycles. The summed E-state index contributed by atoms with van der Waals surface area (Å²) in [5.41, 5.74) is 3.82. The van der Waals surface area contributed by atoms with Crippen molar-refractivity contribution in [3.05, 3.63) is 29.2 Å². The fraction of sp³-hybridized carbons (Fsp3) is 0.579. The number of ether oxygens (including phenoxy) is 1. The molecule has 1 aliphatic carbocycles. The standard InChI is InChI=1S/C19H26N4O/c1-4-14-12-23(8-5-9-24-3)18-10-16(13(2)21-15-6-7-15)22-17(11-20)19(14)18/h10,12-13,15,21H,4-9H2,1-3H3. The van der Waals surface area contributed by atoms with E-state index in [1.165, 1.54) is 18.4 Å². The molecule has 0 spiro atoms. The number of methoxy groups -OCH3 is 1. The van der Waals surface area contributed by atoms with E-state index >= 15 is 0 Å². The lowest BCUT2D eigenvalue weighted by Gasteiger charge is -2.14. The summed E-state index contributed by atoms with van der Waals surface area (Å²) in [6.45, 7) is 5.89. The number of pyridine rings is 1. The van der Waals surface area contributed by atoms with Crippen molar-refractivity contribution in [1.29, 1.82) is 5.26 Å². The first-order valence-electron chi connectivity index (χ1n) is 8.85. The van der Waals surface area contributed by atoms with Gasteiger partial charge in [-0.2, -0.15) is 5.26 Å². The highest BCUT2D eigenvalue weighted by molar-refractivity contribution is 5.88. The van der Waals surface area contributed by atoms with E-state index in [1.54, 1.807) is 7.11 Å². The Balaban J connectivity index is 2.02. The molecule has 1 fully saturated rings. The van der Waals surface area contributed by atoms with Crippen LogP contribution in [-0.4, -0.2) is 29.3 Å². The number of fused-ring (bicyclic) bond motifs is 1. The monoisotopic (exact) mass is 326 g/mol. The van der Waals surface area contributed by atoms with E-state index in [-0.39, 0.29) is 6.04 Å². The molecule has 1 saturated carbocycles. The van der Waals surface area contributed by atoms with Gasteiger partial charge in [-0.3, -0.25) is 0 Å². The van der Waals surface area contributed by atoms with Crippen LogP contribution < -0.4 is 5.32 Å². The van der Waals surface area contributed by atoms with Crippen LogP contribution in [0.4, 0.5) is 0 Å². The first kappa shape index (κ1) is 16.9. The molecule has 1 atom stereocenters. The van der Waals surface area contributed by atoms with Crippen molar-refractivity contribution >= 4 is 10.9 Å². The smallest absolute Gasteiger partial charge is 0.150 e. The average Bonchev–Trinajstić information content (AvgIpc) is 3.34. The molecule has 0 amide bonds. The third kappa shape index (κ3) is 3.45. The quantitative estimate of drug-likeness (QED) is 0.756. The Labute approximate surface area is 143 Å². The van der Waals surface area contributed by atoms with Gasteiger partial charge < -0.3 is 14.6 Å². The molecule has 24 heavy (non-hydrogen) atoms. The molecule has 0 aliphatic heterocycles. The lowest BCUT2D eigenvalue weighted by molar-refractivity contribution is 0.190. The minimum atomic E-state index is 0.168. The fourth-order valence-electron chi connectivity index (χ4n) is 3.24. The van der Waals surface area contributed by atoms with Crippen LogP contribution in [0.15, 0.2) is 12.3 Å². The molecule has 0 radical (unpaired) electrons. The summed E-state index contributed by atoms with van der Waals surface area (Å²) >= 11 is 0. The topological polar surface area (TPSA) is 62.9 Å².